The minimum atomic E-state index is -1.93. The van der Waals surface area contributed by atoms with Crippen molar-refractivity contribution in [3.05, 3.63) is 135 Å². The number of anilines is 1. The number of fused-ring (bicyclic) bond motifs is 1. The van der Waals surface area contributed by atoms with Crippen molar-refractivity contribution in [3.8, 4) is 11.4 Å². The largest absolute Gasteiger partial charge is 0.491 e. The summed E-state index contributed by atoms with van der Waals surface area (Å²) >= 11 is 6.34. The number of ether oxygens (including phenoxy) is 1. The third-order valence-electron chi connectivity index (χ3n) is 8.21. The predicted molar refractivity (Wildman–Crippen MR) is 177 cm³/mol. The quantitative estimate of drug-likeness (QED) is 0.214. The first-order chi connectivity index (χ1) is 22.2. The lowest BCUT2D eigenvalue weighted by Gasteiger charge is -2.28. The van der Waals surface area contributed by atoms with Crippen LogP contribution in [0.2, 0.25) is 5.02 Å². The van der Waals surface area contributed by atoms with Crippen LogP contribution < -0.4 is 15.2 Å². The van der Waals surface area contributed by atoms with Gasteiger partial charge in [-0.2, -0.15) is 0 Å². The highest BCUT2D eigenvalue weighted by Crippen LogP contribution is 2.46. The number of carbonyl (C=O) groups excluding carboxylic acids is 2. The van der Waals surface area contributed by atoms with Crippen molar-refractivity contribution in [2.45, 2.75) is 32.0 Å². The van der Waals surface area contributed by atoms with Crippen molar-refractivity contribution in [2.24, 2.45) is 5.92 Å². The van der Waals surface area contributed by atoms with Crippen LogP contribution in [0.25, 0.3) is 5.69 Å². The van der Waals surface area contributed by atoms with Gasteiger partial charge in [0.15, 0.2) is 11.4 Å². The fraction of sp³-hybridized carbons (Fsp3) is 0.250. The lowest BCUT2D eigenvalue weighted by atomic mass is 9.83. The summed E-state index contributed by atoms with van der Waals surface area (Å²) in [5.41, 5.74) is 0.934. The molecule has 0 radical (unpaired) electrons. The maximum Gasteiger partial charge on any atom is 0.297 e. The Morgan fingerprint density at radius 3 is 2.52 bits per heavy atom. The number of aromatic nitrogens is 1. The van der Waals surface area contributed by atoms with E-state index in [0.29, 0.717) is 28.5 Å². The van der Waals surface area contributed by atoms with Gasteiger partial charge in [-0.1, -0.05) is 73.1 Å². The second-order valence-corrected chi connectivity index (χ2v) is 11.6. The molecule has 0 bridgehead atoms. The monoisotopic (exact) mass is 641 g/mol. The molecule has 2 N–H and O–H groups in total. The Bertz CT molecular complexity index is 1810. The number of hydrogen-bond acceptors (Lipinski definition) is 6. The molecule has 0 saturated heterocycles. The van der Waals surface area contributed by atoms with Crippen LogP contribution in [0, 0.1) is 5.92 Å². The fourth-order valence-corrected chi connectivity index (χ4v) is 5.93. The third-order valence-corrected chi connectivity index (χ3v) is 8.44. The summed E-state index contributed by atoms with van der Waals surface area (Å²) in [4.78, 5) is 43.0. The molecular formula is C36H36ClN3O6. The summed E-state index contributed by atoms with van der Waals surface area (Å²) in [7, 11) is 1.44. The smallest absolute Gasteiger partial charge is 0.297 e. The van der Waals surface area contributed by atoms with Gasteiger partial charge in [0, 0.05) is 47.9 Å². The van der Waals surface area contributed by atoms with Gasteiger partial charge < -0.3 is 24.7 Å². The lowest BCUT2D eigenvalue weighted by molar-refractivity contribution is -0.139. The summed E-state index contributed by atoms with van der Waals surface area (Å²) < 4.78 is 6.65. The molecule has 0 spiro atoms. The molecule has 0 aliphatic carbocycles. The summed E-state index contributed by atoms with van der Waals surface area (Å²) in [6.45, 7) is 2.24. The molecule has 0 unspecified atom stereocenters. The van der Waals surface area contributed by atoms with E-state index in [1.165, 1.54) is 16.6 Å². The van der Waals surface area contributed by atoms with E-state index < -0.39 is 17.4 Å². The van der Waals surface area contributed by atoms with E-state index in [0.717, 1.165) is 11.1 Å². The van der Waals surface area contributed by atoms with Crippen molar-refractivity contribution in [2.75, 3.05) is 25.2 Å². The number of carbonyl (C=O) groups is 2. The Morgan fingerprint density at radius 1 is 1.02 bits per heavy atom. The Balaban J connectivity index is 1.37. The van der Waals surface area contributed by atoms with Crippen LogP contribution in [0.3, 0.4) is 0 Å². The topological polar surface area (TPSA) is 112 Å². The van der Waals surface area contributed by atoms with E-state index in [1.807, 2.05) is 42.5 Å². The molecule has 2 heterocycles. The lowest BCUT2D eigenvalue weighted by Crippen LogP contribution is -2.44. The maximum absolute atomic E-state index is 14.1. The molecular weight excluding hydrogens is 606 g/mol. The van der Waals surface area contributed by atoms with E-state index in [9.17, 15) is 24.6 Å². The molecule has 3 aromatic carbocycles. The number of methoxy groups -OCH3 is 1. The van der Waals surface area contributed by atoms with Gasteiger partial charge in [0.1, 0.15) is 0 Å². The molecule has 238 valence electrons. The molecule has 46 heavy (non-hydrogen) atoms. The maximum atomic E-state index is 14.1. The molecule has 2 amide bonds. The van der Waals surface area contributed by atoms with E-state index in [-0.39, 0.29) is 43.3 Å². The van der Waals surface area contributed by atoms with Gasteiger partial charge in [-0.05, 0) is 53.6 Å². The van der Waals surface area contributed by atoms with Gasteiger partial charge in [0.05, 0.1) is 25.9 Å². The van der Waals surface area contributed by atoms with E-state index >= 15 is 0 Å². The zero-order valence-corrected chi connectivity index (χ0v) is 26.4. The van der Waals surface area contributed by atoms with Gasteiger partial charge in [0.2, 0.25) is 5.91 Å². The van der Waals surface area contributed by atoms with Crippen LogP contribution in [-0.2, 0) is 28.3 Å². The number of nitrogens with zero attached hydrogens (tertiary/aromatic N) is 3. The molecule has 1 aliphatic rings. The molecule has 0 saturated carbocycles. The Morgan fingerprint density at radius 2 is 1.78 bits per heavy atom. The van der Waals surface area contributed by atoms with E-state index in [1.54, 1.807) is 72.6 Å². The van der Waals surface area contributed by atoms with Gasteiger partial charge in [-0.15, -0.1) is 0 Å². The van der Waals surface area contributed by atoms with Crippen molar-refractivity contribution in [1.82, 2.24) is 9.47 Å². The number of rotatable bonds is 12. The van der Waals surface area contributed by atoms with Crippen LogP contribution in [0.5, 0.6) is 5.75 Å². The standard InChI is InChI=1S/C36H36ClN3O6/c1-25(9-6-15-33(42)38(19-20-41)23-26-10-4-3-5-11-26)36(45)30-22-28(37)16-17-31(30)40(35(36)44)24-27-12-7-13-29(21-27)39-18-8-14-32(46-2)34(39)43/h3-14,16-18,21-22,25,41,45H,15,19-20,23-24H2,1-2H3/b9-6+/t25-,36+/m0/s1. The number of pyridine rings is 1. The zero-order chi connectivity index (χ0) is 32.8. The van der Waals surface area contributed by atoms with Gasteiger partial charge >= 0.3 is 0 Å². The zero-order valence-electron chi connectivity index (χ0n) is 25.7. The first-order valence-electron chi connectivity index (χ1n) is 15.0. The van der Waals surface area contributed by atoms with Crippen molar-refractivity contribution in [1.29, 1.82) is 0 Å². The molecule has 1 aliphatic heterocycles. The summed E-state index contributed by atoms with van der Waals surface area (Å²) in [5, 5.41) is 21.9. The Labute approximate surface area is 272 Å². The van der Waals surface area contributed by atoms with Crippen LogP contribution in [0.4, 0.5) is 5.69 Å². The number of halogens is 1. The Kier molecular flexibility index (Phi) is 10.1. The van der Waals surface area contributed by atoms with Crippen LogP contribution in [0.15, 0.2) is 108 Å². The van der Waals surface area contributed by atoms with Gasteiger partial charge in [-0.3, -0.25) is 19.0 Å². The molecule has 1 aromatic heterocycles. The summed E-state index contributed by atoms with van der Waals surface area (Å²) in [6, 6.07) is 25.0. The third kappa shape index (κ3) is 6.62. The van der Waals surface area contributed by atoms with Crippen LogP contribution >= 0.6 is 11.6 Å². The first-order valence-corrected chi connectivity index (χ1v) is 15.3. The highest BCUT2D eigenvalue weighted by atomic mass is 35.5. The average Bonchev–Trinajstić information content (AvgIpc) is 3.27. The molecule has 0 fully saturated rings. The molecule has 10 heteroatoms. The summed E-state index contributed by atoms with van der Waals surface area (Å²) in [5.74, 6) is -1.22. The van der Waals surface area contributed by atoms with Crippen LogP contribution in [-0.4, -0.2) is 51.8 Å². The highest BCUT2D eigenvalue weighted by Gasteiger charge is 2.52. The first kappa shape index (κ1) is 32.7. The number of benzene rings is 3. The number of aliphatic hydroxyl groups is 2. The normalized spacial score (nSPS) is 16.5. The molecule has 4 aromatic rings. The molecule has 5 rings (SSSR count). The number of aliphatic hydroxyl groups excluding tert-OH is 1. The van der Waals surface area contributed by atoms with E-state index in [4.69, 9.17) is 16.3 Å². The SMILES string of the molecule is COc1cccn(-c2cccc(CN3C(=O)[C@@](O)([C@@H](C)/C=C/CC(=O)N(CCO)Cc4ccccc4)c4cc(Cl)ccc43)c2)c1=O. The number of amides is 2. The van der Waals surface area contributed by atoms with Crippen LogP contribution in [0.1, 0.15) is 30.0 Å². The van der Waals surface area contributed by atoms with Crippen molar-refractivity contribution < 1.29 is 24.5 Å². The second-order valence-electron chi connectivity index (χ2n) is 11.2. The molecule has 2 atom stereocenters. The van der Waals surface area contributed by atoms with Gasteiger partial charge in [-0.25, -0.2) is 0 Å². The molecule has 9 nitrogen and oxygen atoms in total. The minimum Gasteiger partial charge on any atom is -0.491 e. The minimum absolute atomic E-state index is 0.0317. The van der Waals surface area contributed by atoms with E-state index in [2.05, 4.69) is 0 Å². The van der Waals surface area contributed by atoms with Crippen molar-refractivity contribution >= 4 is 29.1 Å². The Hall–Kier alpha value is -4.70. The average molecular weight is 642 g/mol. The summed E-state index contributed by atoms with van der Waals surface area (Å²) in [6.07, 6.45) is 4.99. The fourth-order valence-electron chi connectivity index (χ4n) is 5.75. The van der Waals surface area contributed by atoms with Crippen molar-refractivity contribution in [3.63, 3.8) is 0 Å². The number of hydrogen-bond donors (Lipinski definition) is 2. The predicted octanol–water partition coefficient (Wildman–Crippen LogP) is 4.84. The van der Waals surface area contributed by atoms with Gasteiger partial charge in [0.25, 0.3) is 11.5 Å². The second kappa shape index (κ2) is 14.2. The highest BCUT2D eigenvalue weighted by molar-refractivity contribution is 6.31.